The lowest BCUT2D eigenvalue weighted by molar-refractivity contribution is -0.122. The molecular formula is C21H20BrNO3S. The second-order valence-electron chi connectivity index (χ2n) is 6.10. The topological polar surface area (TPSA) is 46.6 Å². The van der Waals surface area contributed by atoms with E-state index < -0.39 is 0 Å². The largest absolute Gasteiger partial charge is 0.493 e. The van der Waals surface area contributed by atoms with Gasteiger partial charge in [0.05, 0.1) is 11.5 Å². The minimum atomic E-state index is -0.248. The van der Waals surface area contributed by atoms with Crippen LogP contribution in [0.25, 0.3) is 6.08 Å². The highest BCUT2D eigenvalue weighted by molar-refractivity contribution is 9.10. The predicted molar refractivity (Wildman–Crippen MR) is 113 cm³/mol. The minimum absolute atomic E-state index is 0.229. The maximum Gasteiger partial charge on any atom is 0.293 e. The van der Waals surface area contributed by atoms with E-state index in [1.54, 1.807) is 6.08 Å². The normalized spacial score (nSPS) is 15.6. The number of hydrogen-bond acceptors (Lipinski definition) is 4. The van der Waals surface area contributed by atoms with E-state index >= 15 is 0 Å². The number of carbonyl (C=O) groups is 2. The number of rotatable bonds is 7. The summed E-state index contributed by atoms with van der Waals surface area (Å²) in [6, 6.07) is 15.5. The standard InChI is InChI=1S/C21H20BrNO3S/c1-2-12-26-18-9-8-17(22)13-16(18)14-19-20(24)23(21(25)27-19)11-10-15-6-4-3-5-7-15/h3-9,13-14H,2,10-12H2,1H3/b19-14+. The summed E-state index contributed by atoms with van der Waals surface area (Å²) in [5.74, 6) is 0.457. The van der Waals surface area contributed by atoms with Gasteiger partial charge in [0.15, 0.2) is 0 Å². The zero-order valence-electron chi connectivity index (χ0n) is 15.0. The molecule has 27 heavy (non-hydrogen) atoms. The third-order valence-corrected chi connectivity index (χ3v) is 5.46. The van der Waals surface area contributed by atoms with Gasteiger partial charge in [0.1, 0.15) is 5.75 Å². The molecule has 2 aromatic carbocycles. The number of imide groups is 1. The van der Waals surface area contributed by atoms with Crippen molar-refractivity contribution in [3.8, 4) is 5.75 Å². The number of amides is 2. The van der Waals surface area contributed by atoms with Crippen molar-refractivity contribution in [3.05, 3.63) is 69.0 Å². The summed E-state index contributed by atoms with van der Waals surface area (Å²) in [6.45, 7) is 3.02. The van der Waals surface area contributed by atoms with Crippen LogP contribution in [0, 0.1) is 0 Å². The van der Waals surface area contributed by atoms with Gasteiger partial charge in [-0.1, -0.05) is 53.2 Å². The summed E-state index contributed by atoms with van der Waals surface area (Å²) in [7, 11) is 0. The van der Waals surface area contributed by atoms with Crippen LogP contribution in [0.4, 0.5) is 4.79 Å². The van der Waals surface area contributed by atoms with Gasteiger partial charge in [0.2, 0.25) is 0 Å². The van der Waals surface area contributed by atoms with Crippen molar-refractivity contribution < 1.29 is 14.3 Å². The molecule has 0 bridgehead atoms. The number of hydrogen-bond donors (Lipinski definition) is 0. The Balaban J connectivity index is 1.77. The van der Waals surface area contributed by atoms with Crippen LogP contribution in [0.5, 0.6) is 5.75 Å². The molecule has 1 aliphatic rings. The fourth-order valence-electron chi connectivity index (χ4n) is 2.70. The molecule has 2 amide bonds. The average molecular weight is 446 g/mol. The van der Waals surface area contributed by atoms with Gasteiger partial charge in [0.25, 0.3) is 11.1 Å². The van der Waals surface area contributed by atoms with Gasteiger partial charge in [-0.25, -0.2) is 0 Å². The fraction of sp³-hybridized carbons (Fsp3) is 0.238. The Morgan fingerprint density at radius 3 is 2.67 bits per heavy atom. The van der Waals surface area contributed by atoms with E-state index in [0.717, 1.165) is 33.8 Å². The van der Waals surface area contributed by atoms with E-state index in [0.29, 0.717) is 30.2 Å². The zero-order valence-corrected chi connectivity index (χ0v) is 17.4. The molecule has 1 fully saturated rings. The highest BCUT2D eigenvalue weighted by Gasteiger charge is 2.34. The highest BCUT2D eigenvalue weighted by atomic mass is 79.9. The highest BCUT2D eigenvalue weighted by Crippen LogP contribution is 2.35. The number of ether oxygens (including phenoxy) is 1. The van der Waals surface area contributed by atoms with Crippen LogP contribution >= 0.6 is 27.7 Å². The molecule has 0 aromatic heterocycles. The molecule has 2 aromatic rings. The zero-order chi connectivity index (χ0) is 19.2. The molecule has 0 atom stereocenters. The van der Waals surface area contributed by atoms with Crippen LogP contribution in [0.2, 0.25) is 0 Å². The molecule has 0 radical (unpaired) electrons. The van der Waals surface area contributed by atoms with Crippen molar-refractivity contribution in [1.29, 1.82) is 0 Å². The van der Waals surface area contributed by atoms with Crippen LogP contribution in [-0.4, -0.2) is 29.2 Å². The molecule has 4 nitrogen and oxygen atoms in total. The molecular weight excluding hydrogens is 426 g/mol. The van der Waals surface area contributed by atoms with Crippen LogP contribution in [0.1, 0.15) is 24.5 Å². The van der Waals surface area contributed by atoms with Gasteiger partial charge >= 0.3 is 0 Å². The lowest BCUT2D eigenvalue weighted by Gasteiger charge is -2.12. The Hall–Kier alpha value is -2.05. The minimum Gasteiger partial charge on any atom is -0.493 e. The molecule has 0 saturated carbocycles. The van der Waals surface area contributed by atoms with E-state index in [9.17, 15) is 9.59 Å². The first-order chi connectivity index (χ1) is 13.1. The van der Waals surface area contributed by atoms with Crippen molar-refractivity contribution in [3.63, 3.8) is 0 Å². The van der Waals surface area contributed by atoms with E-state index in [2.05, 4.69) is 15.9 Å². The second kappa shape index (κ2) is 9.24. The molecule has 6 heteroatoms. The second-order valence-corrected chi connectivity index (χ2v) is 8.01. The van der Waals surface area contributed by atoms with Gasteiger partial charge in [-0.15, -0.1) is 0 Å². The number of thioether (sulfide) groups is 1. The molecule has 0 spiro atoms. The van der Waals surface area contributed by atoms with Crippen LogP contribution in [0.3, 0.4) is 0 Å². The Kier molecular flexibility index (Phi) is 6.74. The van der Waals surface area contributed by atoms with Crippen LogP contribution in [-0.2, 0) is 11.2 Å². The quantitative estimate of drug-likeness (QED) is 0.526. The maximum atomic E-state index is 12.7. The fourth-order valence-corrected chi connectivity index (χ4v) is 3.93. The van der Waals surface area contributed by atoms with Gasteiger partial charge in [-0.2, -0.15) is 0 Å². The molecule has 0 N–H and O–H groups in total. The van der Waals surface area contributed by atoms with Crippen molar-refractivity contribution in [1.82, 2.24) is 4.90 Å². The van der Waals surface area contributed by atoms with Crippen molar-refractivity contribution in [2.75, 3.05) is 13.2 Å². The summed E-state index contributed by atoms with van der Waals surface area (Å²) in [5, 5.41) is -0.229. The molecule has 140 valence electrons. The SMILES string of the molecule is CCCOc1ccc(Br)cc1/C=C1/SC(=O)N(CCc2ccccc2)C1=O. The molecule has 0 unspecified atom stereocenters. The van der Waals surface area contributed by atoms with Crippen LogP contribution in [0.15, 0.2) is 57.9 Å². The first-order valence-electron chi connectivity index (χ1n) is 8.80. The lowest BCUT2D eigenvalue weighted by atomic mass is 10.1. The monoisotopic (exact) mass is 445 g/mol. The van der Waals surface area contributed by atoms with Crippen molar-refractivity contribution >= 4 is 44.9 Å². The van der Waals surface area contributed by atoms with E-state index in [1.807, 2.05) is 55.5 Å². The van der Waals surface area contributed by atoms with Crippen LogP contribution < -0.4 is 4.74 Å². The summed E-state index contributed by atoms with van der Waals surface area (Å²) in [6.07, 6.45) is 3.28. The molecule has 0 aliphatic carbocycles. The number of benzene rings is 2. The average Bonchev–Trinajstić information content (AvgIpc) is 2.93. The van der Waals surface area contributed by atoms with Crippen molar-refractivity contribution in [2.45, 2.75) is 19.8 Å². The van der Waals surface area contributed by atoms with Gasteiger partial charge in [-0.3, -0.25) is 14.5 Å². The third-order valence-electron chi connectivity index (χ3n) is 4.06. The van der Waals surface area contributed by atoms with E-state index in [-0.39, 0.29) is 11.1 Å². The summed E-state index contributed by atoms with van der Waals surface area (Å²) >= 11 is 4.43. The Labute approximate surface area is 171 Å². The molecule has 3 rings (SSSR count). The first-order valence-corrected chi connectivity index (χ1v) is 10.4. The molecule has 1 saturated heterocycles. The Morgan fingerprint density at radius 1 is 1.15 bits per heavy atom. The smallest absolute Gasteiger partial charge is 0.293 e. The van der Waals surface area contributed by atoms with Crippen molar-refractivity contribution in [2.24, 2.45) is 0 Å². The summed E-state index contributed by atoms with van der Waals surface area (Å²) in [4.78, 5) is 26.8. The molecule has 1 aliphatic heterocycles. The van der Waals surface area contributed by atoms with Gasteiger partial charge < -0.3 is 4.74 Å². The Morgan fingerprint density at radius 2 is 1.93 bits per heavy atom. The summed E-state index contributed by atoms with van der Waals surface area (Å²) in [5.41, 5.74) is 1.88. The first kappa shape index (κ1) is 19.7. The van der Waals surface area contributed by atoms with Gasteiger partial charge in [-0.05, 0) is 54.4 Å². The van der Waals surface area contributed by atoms with Gasteiger partial charge in [0, 0.05) is 16.6 Å². The molecule has 1 heterocycles. The van der Waals surface area contributed by atoms with E-state index in [4.69, 9.17) is 4.74 Å². The number of halogens is 1. The van der Waals surface area contributed by atoms with E-state index in [1.165, 1.54) is 4.90 Å². The summed E-state index contributed by atoms with van der Waals surface area (Å²) < 4.78 is 6.65. The third kappa shape index (κ3) is 5.02. The maximum absolute atomic E-state index is 12.7. The predicted octanol–water partition coefficient (Wildman–Crippen LogP) is 5.52. The number of carbonyl (C=O) groups excluding carboxylic acids is 2. The number of nitrogens with zero attached hydrogens (tertiary/aromatic N) is 1. The Bertz CT molecular complexity index is 867. The lowest BCUT2D eigenvalue weighted by Crippen LogP contribution is -2.30.